The topological polar surface area (TPSA) is 202 Å². The van der Waals surface area contributed by atoms with Crippen LogP contribution in [0.1, 0.15) is 28.7 Å². The number of nitro benzene ring substituents is 3. The van der Waals surface area contributed by atoms with E-state index < -0.39 is 32.1 Å². The molecule has 15 nitrogen and oxygen atoms in total. The van der Waals surface area contributed by atoms with Crippen LogP contribution in [-0.4, -0.2) is 41.4 Å². The van der Waals surface area contributed by atoms with E-state index in [1.165, 1.54) is 29.8 Å². The molecule has 33 heavy (non-hydrogen) atoms. The number of nitrogens with zero attached hydrogens (tertiary/aromatic N) is 7. The van der Waals surface area contributed by atoms with Crippen LogP contribution >= 0.6 is 0 Å². The van der Waals surface area contributed by atoms with E-state index >= 15 is 0 Å². The van der Waals surface area contributed by atoms with Crippen molar-refractivity contribution in [2.45, 2.75) is 13.8 Å². The van der Waals surface area contributed by atoms with Crippen LogP contribution < -0.4 is 5.43 Å². The van der Waals surface area contributed by atoms with E-state index in [4.69, 9.17) is 0 Å². The van der Waals surface area contributed by atoms with Gasteiger partial charge in [-0.25, -0.2) is 10.1 Å². The zero-order valence-corrected chi connectivity index (χ0v) is 17.0. The first-order valence-electron chi connectivity index (χ1n) is 9.04. The summed E-state index contributed by atoms with van der Waals surface area (Å²) < 4.78 is 1.35. The highest BCUT2D eigenvalue weighted by Gasteiger charge is 2.20. The second-order valence-corrected chi connectivity index (χ2v) is 6.60. The van der Waals surface area contributed by atoms with Crippen LogP contribution in [0.4, 0.5) is 17.1 Å². The maximum absolute atomic E-state index is 12.4. The lowest BCUT2D eigenvalue weighted by atomic mass is 10.1. The minimum absolute atomic E-state index is 0.132. The number of hydrogen-bond acceptors (Lipinski definition) is 10. The molecule has 0 fully saturated rings. The van der Waals surface area contributed by atoms with Crippen LogP contribution in [0.5, 0.6) is 0 Å². The third-order valence-electron chi connectivity index (χ3n) is 4.43. The van der Waals surface area contributed by atoms with Crippen LogP contribution in [-0.2, 0) is 0 Å². The quantitative estimate of drug-likeness (QED) is 0.316. The number of nitrogens with one attached hydrogen (secondary N) is 1. The van der Waals surface area contributed by atoms with E-state index in [1.54, 1.807) is 13.0 Å². The van der Waals surface area contributed by atoms with E-state index in [2.05, 4.69) is 20.8 Å². The fourth-order valence-corrected chi connectivity index (χ4v) is 2.84. The maximum atomic E-state index is 12.4. The van der Waals surface area contributed by atoms with Crippen LogP contribution in [0.3, 0.4) is 0 Å². The van der Waals surface area contributed by atoms with Gasteiger partial charge < -0.3 is 0 Å². The molecule has 1 heterocycles. The molecular weight excluding hydrogens is 440 g/mol. The van der Waals surface area contributed by atoms with E-state index in [-0.39, 0.29) is 22.7 Å². The monoisotopic (exact) mass is 454 g/mol. The number of hydrogen-bond donors (Lipinski definition) is 1. The standard InChI is InChI=1S/C18H14N8O7/c1-10(17-11(2)23(22-20-17)13-4-3-5-14(8-13)24(28)29)19-21-18(27)12-6-15(25(30)31)9-16(7-12)26(32)33/h3-9H,1-2H3,(H,21,27)/b19-10+. The molecule has 0 atom stereocenters. The van der Waals surface area contributed by atoms with Crippen molar-refractivity contribution < 1.29 is 19.6 Å². The van der Waals surface area contributed by atoms with Gasteiger partial charge in [-0.05, 0) is 19.9 Å². The molecule has 0 aliphatic carbocycles. The van der Waals surface area contributed by atoms with Crippen molar-refractivity contribution in [3.05, 3.63) is 89.8 Å². The van der Waals surface area contributed by atoms with Crippen molar-refractivity contribution in [1.82, 2.24) is 20.4 Å². The Morgan fingerprint density at radius 1 is 0.970 bits per heavy atom. The molecule has 2 aromatic carbocycles. The molecule has 0 aliphatic heterocycles. The highest BCUT2D eigenvalue weighted by atomic mass is 16.6. The smallest absolute Gasteiger partial charge is 0.267 e. The summed E-state index contributed by atoms with van der Waals surface area (Å²) in [5.74, 6) is -0.912. The summed E-state index contributed by atoms with van der Waals surface area (Å²) in [6.45, 7) is 3.14. The lowest BCUT2D eigenvalue weighted by Gasteiger charge is -2.04. The molecule has 0 aliphatic rings. The van der Waals surface area contributed by atoms with Crippen LogP contribution in [0.15, 0.2) is 47.6 Å². The van der Waals surface area contributed by atoms with Crippen LogP contribution in [0.2, 0.25) is 0 Å². The third-order valence-corrected chi connectivity index (χ3v) is 4.43. The Kier molecular flexibility index (Phi) is 6.14. The zero-order valence-electron chi connectivity index (χ0n) is 17.0. The van der Waals surface area contributed by atoms with Crippen molar-refractivity contribution in [2.24, 2.45) is 5.10 Å². The van der Waals surface area contributed by atoms with Crippen molar-refractivity contribution in [3.8, 4) is 5.69 Å². The molecular formula is C18H14N8O7. The molecule has 1 amide bonds. The number of aromatic nitrogens is 3. The van der Waals surface area contributed by atoms with E-state index in [9.17, 15) is 35.1 Å². The van der Waals surface area contributed by atoms with Crippen LogP contribution in [0.25, 0.3) is 5.69 Å². The minimum Gasteiger partial charge on any atom is -0.267 e. The van der Waals surface area contributed by atoms with Crippen LogP contribution in [0, 0.1) is 37.3 Å². The normalized spacial score (nSPS) is 11.2. The van der Waals surface area contributed by atoms with E-state index in [0.717, 1.165) is 18.2 Å². The molecule has 0 unspecified atom stereocenters. The molecule has 0 saturated heterocycles. The van der Waals surface area contributed by atoms with Crippen molar-refractivity contribution >= 4 is 28.7 Å². The largest absolute Gasteiger partial charge is 0.277 e. The van der Waals surface area contributed by atoms with Gasteiger partial charge in [0.1, 0.15) is 5.69 Å². The fraction of sp³-hybridized carbons (Fsp3) is 0.111. The zero-order chi connectivity index (χ0) is 24.3. The Hall–Kier alpha value is -5.08. The van der Waals surface area contributed by atoms with Gasteiger partial charge in [0.25, 0.3) is 23.0 Å². The average molecular weight is 454 g/mol. The Bertz CT molecular complexity index is 1300. The minimum atomic E-state index is -0.912. The number of benzene rings is 2. The van der Waals surface area contributed by atoms with Gasteiger partial charge in [-0.3, -0.25) is 35.1 Å². The van der Waals surface area contributed by atoms with Gasteiger partial charge in [-0.2, -0.15) is 5.10 Å². The lowest BCUT2D eigenvalue weighted by molar-refractivity contribution is -0.394. The van der Waals surface area contributed by atoms with Gasteiger partial charge in [-0.1, -0.05) is 11.3 Å². The Labute approximate surface area is 183 Å². The predicted octanol–water partition coefficient (Wildman–Crippen LogP) is 2.45. The van der Waals surface area contributed by atoms with Gasteiger partial charge in [0.2, 0.25) is 0 Å². The Balaban J connectivity index is 1.86. The third kappa shape index (κ3) is 4.82. The summed E-state index contributed by atoms with van der Waals surface area (Å²) in [4.78, 5) is 43.1. The number of amides is 1. The molecule has 0 spiro atoms. The molecule has 168 valence electrons. The first-order valence-corrected chi connectivity index (χ1v) is 9.04. The number of rotatable bonds is 7. The second kappa shape index (κ2) is 8.96. The molecule has 1 aromatic heterocycles. The summed E-state index contributed by atoms with van der Waals surface area (Å²) in [5, 5.41) is 44.8. The number of carbonyl (C=O) groups excluding carboxylic acids is 1. The molecule has 1 N–H and O–H groups in total. The van der Waals surface area contributed by atoms with E-state index in [0.29, 0.717) is 11.4 Å². The fourth-order valence-electron chi connectivity index (χ4n) is 2.84. The van der Waals surface area contributed by atoms with Gasteiger partial charge >= 0.3 is 0 Å². The number of non-ortho nitro benzene ring substituents is 3. The number of carbonyl (C=O) groups is 1. The summed E-state index contributed by atoms with van der Waals surface area (Å²) in [7, 11) is 0. The molecule has 3 rings (SSSR count). The van der Waals surface area contributed by atoms with E-state index in [1.807, 2.05) is 0 Å². The summed E-state index contributed by atoms with van der Waals surface area (Å²) in [6, 6.07) is 8.25. The Morgan fingerprint density at radius 3 is 2.15 bits per heavy atom. The van der Waals surface area contributed by atoms with Gasteiger partial charge in [0.05, 0.1) is 43.5 Å². The van der Waals surface area contributed by atoms with Crippen molar-refractivity contribution in [1.29, 1.82) is 0 Å². The van der Waals surface area contributed by atoms with Gasteiger partial charge in [0, 0.05) is 24.3 Å². The summed E-state index contributed by atoms with van der Waals surface area (Å²) in [5.41, 5.74) is 1.80. The highest BCUT2D eigenvalue weighted by Crippen LogP contribution is 2.23. The van der Waals surface area contributed by atoms with Gasteiger partial charge in [-0.15, -0.1) is 5.10 Å². The first kappa shape index (κ1) is 22.6. The Morgan fingerprint density at radius 2 is 1.58 bits per heavy atom. The molecule has 15 heteroatoms. The number of nitro groups is 3. The predicted molar refractivity (Wildman–Crippen MR) is 112 cm³/mol. The van der Waals surface area contributed by atoms with Gasteiger partial charge in [0.15, 0.2) is 0 Å². The lowest BCUT2D eigenvalue weighted by Crippen LogP contribution is -2.20. The highest BCUT2D eigenvalue weighted by molar-refractivity contribution is 6.00. The first-order chi connectivity index (χ1) is 15.6. The SMILES string of the molecule is C/C(=N\NC(=O)c1cc([N+](=O)[O-])cc([N+](=O)[O-])c1)c1nnn(-c2cccc([N+](=O)[O-])c2)c1C. The summed E-state index contributed by atoms with van der Waals surface area (Å²) in [6.07, 6.45) is 0. The molecule has 3 aromatic rings. The second-order valence-electron chi connectivity index (χ2n) is 6.60. The molecule has 0 saturated carbocycles. The molecule has 0 bridgehead atoms. The summed E-state index contributed by atoms with van der Waals surface area (Å²) >= 11 is 0. The maximum Gasteiger partial charge on any atom is 0.277 e. The average Bonchev–Trinajstić information content (AvgIpc) is 3.18. The molecule has 0 radical (unpaired) electrons. The van der Waals surface area contributed by atoms with Crippen molar-refractivity contribution in [3.63, 3.8) is 0 Å². The van der Waals surface area contributed by atoms with Crippen molar-refractivity contribution in [2.75, 3.05) is 0 Å². The number of hydrazone groups is 1.